The molecule has 0 bridgehead atoms. The van der Waals surface area contributed by atoms with Crippen molar-refractivity contribution in [2.75, 3.05) is 37.6 Å². The Balaban J connectivity index is 1.36. The normalized spacial score (nSPS) is 20.8. The minimum atomic E-state index is -4.40. The van der Waals surface area contributed by atoms with Crippen LogP contribution in [0.3, 0.4) is 0 Å². The van der Waals surface area contributed by atoms with E-state index in [1.165, 1.54) is 17.0 Å². The molecule has 0 spiro atoms. The summed E-state index contributed by atoms with van der Waals surface area (Å²) in [7, 11) is 0. The topological polar surface area (TPSA) is 57.0 Å². The second kappa shape index (κ2) is 7.79. The van der Waals surface area contributed by atoms with Crippen LogP contribution in [0.15, 0.2) is 40.8 Å². The summed E-state index contributed by atoms with van der Waals surface area (Å²) in [5, 5.41) is 0. The Hall–Kier alpha value is -2.81. The number of carbonyl (C=O) groups is 2. The lowest BCUT2D eigenvalue weighted by molar-refractivity contribution is -0.137. The first kappa shape index (κ1) is 20.5. The maximum absolute atomic E-state index is 12.9. The van der Waals surface area contributed by atoms with Crippen LogP contribution in [0.5, 0.6) is 0 Å². The number of halogens is 3. The largest absolute Gasteiger partial charge is 0.456 e. The summed E-state index contributed by atoms with van der Waals surface area (Å²) < 4.78 is 43.7. The molecule has 4 rings (SSSR count). The van der Waals surface area contributed by atoms with Crippen LogP contribution in [-0.4, -0.2) is 60.4 Å². The van der Waals surface area contributed by atoms with Gasteiger partial charge in [0.1, 0.15) is 5.76 Å². The van der Waals surface area contributed by atoms with Gasteiger partial charge in [0.2, 0.25) is 5.91 Å². The molecule has 1 aromatic heterocycles. The van der Waals surface area contributed by atoms with Crippen LogP contribution in [0, 0.1) is 6.92 Å². The van der Waals surface area contributed by atoms with E-state index >= 15 is 0 Å². The van der Waals surface area contributed by atoms with E-state index in [-0.39, 0.29) is 17.9 Å². The molecular weight excluding hydrogens is 399 g/mol. The molecule has 2 aliphatic heterocycles. The van der Waals surface area contributed by atoms with Gasteiger partial charge in [-0.25, -0.2) is 0 Å². The van der Waals surface area contributed by atoms with Crippen LogP contribution in [0.2, 0.25) is 0 Å². The molecule has 2 amide bonds. The maximum atomic E-state index is 12.9. The zero-order valence-electron chi connectivity index (χ0n) is 16.5. The van der Waals surface area contributed by atoms with Crippen molar-refractivity contribution in [3.05, 3.63) is 53.5 Å². The van der Waals surface area contributed by atoms with Crippen LogP contribution < -0.4 is 4.90 Å². The van der Waals surface area contributed by atoms with Crippen molar-refractivity contribution in [2.45, 2.75) is 25.6 Å². The molecule has 1 aromatic carbocycles. The fourth-order valence-corrected chi connectivity index (χ4v) is 4.03. The van der Waals surface area contributed by atoms with Crippen LogP contribution in [0.25, 0.3) is 0 Å². The molecular formula is C21H22F3N3O3. The second-order valence-electron chi connectivity index (χ2n) is 7.58. The molecule has 160 valence electrons. The molecule has 1 unspecified atom stereocenters. The fourth-order valence-electron chi connectivity index (χ4n) is 4.03. The van der Waals surface area contributed by atoms with Gasteiger partial charge in [0.15, 0.2) is 5.76 Å². The Bertz CT molecular complexity index is 931. The average molecular weight is 421 g/mol. The molecule has 30 heavy (non-hydrogen) atoms. The van der Waals surface area contributed by atoms with Crippen LogP contribution in [0.1, 0.15) is 28.3 Å². The zero-order valence-corrected chi connectivity index (χ0v) is 16.5. The Morgan fingerprint density at radius 2 is 1.67 bits per heavy atom. The molecule has 2 fully saturated rings. The molecule has 0 aliphatic carbocycles. The van der Waals surface area contributed by atoms with Gasteiger partial charge < -0.3 is 14.2 Å². The van der Waals surface area contributed by atoms with Gasteiger partial charge in [0.05, 0.1) is 11.6 Å². The molecule has 0 radical (unpaired) electrons. The lowest BCUT2D eigenvalue weighted by Gasteiger charge is -2.36. The number of hydrogen-bond donors (Lipinski definition) is 0. The summed E-state index contributed by atoms with van der Waals surface area (Å²) >= 11 is 0. The number of carbonyl (C=O) groups excluding carboxylic acids is 2. The SMILES string of the molecule is Cc1ccc(C(=O)N2CCN(C3CCN(c4ccc(C(F)(F)F)cc4)C3=O)CC2)o1. The number of aryl methyl sites for hydroxylation is 1. The number of hydrogen-bond acceptors (Lipinski definition) is 4. The number of benzene rings is 1. The number of amides is 2. The van der Waals surface area contributed by atoms with Crippen LogP contribution >= 0.6 is 0 Å². The Labute approximate surface area is 171 Å². The highest BCUT2D eigenvalue weighted by Crippen LogP contribution is 2.32. The smallest absolute Gasteiger partial charge is 0.416 e. The molecule has 0 N–H and O–H groups in total. The van der Waals surface area contributed by atoms with Crippen molar-refractivity contribution in [3.8, 4) is 0 Å². The Morgan fingerprint density at radius 1 is 1.00 bits per heavy atom. The lowest BCUT2D eigenvalue weighted by Crippen LogP contribution is -2.53. The van der Waals surface area contributed by atoms with Gasteiger partial charge in [-0.2, -0.15) is 13.2 Å². The van der Waals surface area contributed by atoms with Crippen LogP contribution in [-0.2, 0) is 11.0 Å². The quantitative estimate of drug-likeness (QED) is 0.764. The Morgan fingerprint density at radius 3 is 2.23 bits per heavy atom. The molecule has 0 saturated carbocycles. The predicted molar refractivity (Wildman–Crippen MR) is 103 cm³/mol. The predicted octanol–water partition coefficient (Wildman–Crippen LogP) is 3.17. The van der Waals surface area contributed by atoms with Crippen molar-refractivity contribution in [1.29, 1.82) is 0 Å². The number of nitrogens with zero attached hydrogens (tertiary/aromatic N) is 3. The first-order valence-electron chi connectivity index (χ1n) is 9.82. The third-order valence-corrected chi connectivity index (χ3v) is 5.68. The highest BCUT2D eigenvalue weighted by molar-refractivity contribution is 5.99. The minimum Gasteiger partial charge on any atom is -0.456 e. The monoisotopic (exact) mass is 421 g/mol. The van der Waals surface area contributed by atoms with E-state index in [1.807, 2.05) is 4.90 Å². The number of piperazine rings is 1. The molecule has 2 aliphatic rings. The maximum Gasteiger partial charge on any atom is 0.416 e. The molecule has 6 nitrogen and oxygen atoms in total. The summed E-state index contributed by atoms with van der Waals surface area (Å²) in [4.78, 5) is 30.7. The van der Waals surface area contributed by atoms with Crippen molar-refractivity contribution >= 4 is 17.5 Å². The number of furan rings is 1. The standard InChI is InChI=1S/C21H22F3N3O3/c1-14-2-7-18(30-14)20(29)26-12-10-25(11-13-26)17-8-9-27(19(17)28)16-5-3-15(4-6-16)21(22,23)24/h2-7,17H,8-13H2,1H3. The van der Waals surface area contributed by atoms with E-state index in [9.17, 15) is 22.8 Å². The second-order valence-corrected chi connectivity index (χ2v) is 7.58. The van der Waals surface area contributed by atoms with Gasteiger partial charge in [-0.05, 0) is 49.7 Å². The summed E-state index contributed by atoms with van der Waals surface area (Å²) in [5.41, 5.74) is -0.264. The van der Waals surface area contributed by atoms with Crippen LogP contribution in [0.4, 0.5) is 18.9 Å². The summed E-state index contributed by atoms with van der Waals surface area (Å²) in [5.74, 6) is 0.714. The highest BCUT2D eigenvalue weighted by atomic mass is 19.4. The highest BCUT2D eigenvalue weighted by Gasteiger charge is 2.39. The van der Waals surface area contributed by atoms with Crippen molar-refractivity contribution < 1.29 is 27.2 Å². The van der Waals surface area contributed by atoms with Gasteiger partial charge in [-0.3, -0.25) is 14.5 Å². The summed E-state index contributed by atoms with van der Waals surface area (Å²) in [6.07, 6.45) is -3.80. The van der Waals surface area contributed by atoms with E-state index in [4.69, 9.17) is 4.42 Å². The first-order chi connectivity index (χ1) is 14.2. The van der Waals surface area contributed by atoms with Gasteiger partial charge in [-0.15, -0.1) is 0 Å². The third kappa shape index (κ3) is 3.94. The molecule has 2 saturated heterocycles. The molecule has 1 atom stereocenters. The van der Waals surface area contributed by atoms with E-state index in [0.29, 0.717) is 56.4 Å². The lowest BCUT2D eigenvalue weighted by atomic mass is 10.1. The molecule has 2 aromatic rings. The van der Waals surface area contributed by atoms with Gasteiger partial charge in [0.25, 0.3) is 5.91 Å². The third-order valence-electron chi connectivity index (χ3n) is 5.68. The van der Waals surface area contributed by atoms with E-state index in [2.05, 4.69) is 0 Å². The van der Waals surface area contributed by atoms with Crippen molar-refractivity contribution in [3.63, 3.8) is 0 Å². The Kier molecular flexibility index (Phi) is 5.31. The zero-order chi connectivity index (χ0) is 21.5. The van der Waals surface area contributed by atoms with Crippen molar-refractivity contribution in [2.24, 2.45) is 0 Å². The minimum absolute atomic E-state index is 0.115. The van der Waals surface area contributed by atoms with Crippen molar-refractivity contribution in [1.82, 2.24) is 9.80 Å². The summed E-state index contributed by atoms with van der Waals surface area (Å²) in [6.45, 7) is 4.33. The number of anilines is 1. The fraction of sp³-hybridized carbons (Fsp3) is 0.429. The van der Waals surface area contributed by atoms with E-state index < -0.39 is 11.7 Å². The first-order valence-corrected chi connectivity index (χ1v) is 9.82. The van der Waals surface area contributed by atoms with Gasteiger partial charge in [-0.1, -0.05) is 0 Å². The van der Waals surface area contributed by atoms with E-state index in [0.717, 1.165) is 12.1 Å². The number of rotatable bonds is 3. The van der Waals surface area contributed by atoms with Gasteiger partial charge in [0, 0.05) is 38.4 Å². The average Bonchev–Trinajstić information content (AvgIpc) is 3.33. The summed E-state index contributed by atoms with van der Waals surface area (Å²) in [6, 6.07) is 7.75. The van der Waals surface area contributed by atoms with Gasteiger partial charge >= 0.3 is 6.18 Å². The van der Waals surface area contributed by atoms with E-state index in [1.54, 1.807) is 24.0 Å². The molecule has 3 heterocycles. The number of alkyl halides is 3. The molecule has 9 heteroatoms.